The number of aryl methyl sites for hydroxylation is 1. The van der Waals surface area contributed by atoms with E-state index in [0.29, 0.717) is 12.2 Å². The van der Waals surface area contributed by atoms with Crippen molar-refractivity contribution < 1.29 is 14.7 Å². The van der Waals surface area contributed by atoms with Crippen LogP contribution in [0.25, 0.3) is 0 Å². The van der Waals surface area contributed by atoms with Crippen LogP contribution >= 0.6 is 0 Å². The third-order valence-corrected chi connectivity index (χ3v) is 3.30. The van der Waals surface area contributed by atoms with Gasteiger partial charge in [0.25, 0.3) is 5.91 Å². The van der Waals surface area contributed by atoms with Crippen molar-refractivity contribution in [3.63, 3.8) is 0 Å². The number of anilines is 1. The van der Waals surface area contributed by atoms with E-state index < -0.39 is 11.5 Å². The average Bonchev–Trinajstić information content (AvgIpc) is 2.76. The lowest BCUT2D eigenvalue weighted by Crippen LogP contribution is -2.47. The first-order chi connectivity index (χ1) is 8.90. The molecular formula is C13H17N3O3. The number of nitrogens with zero attached hydrogens (tertiary/aromatic N) is 1. The molecule has 102 valence electrons. The van der Waals surface area contributed by atoms with Gasteiger partial charge >= 0.3 is 6.03 Å². The van der Waals surface area contributed by atoms with Gasteiger partial charge in [0.05, 0.1) is 6.54 Å². The first kappa shape index (κ1) is 13.4. The first-order valence-corrected chi connectivity index (χ1v) is 6.06. The molecule has 0 saturated carbocycles. The normalized spacial score (nSPS) is 22.3. The molecule has 1 atom stereocenters. The van der Waals surface area contributed by atoms with Crippen LogP contribution in [0.3, 0.4) is 0 Å². The molecule has 4 N–H and O–H groups in total. The molecule has 0 bridgehead atoms. The molecule has 0 aromatic heterocycles. The molecule has 19 heavy (non-hydrogen) atoms. The number of hydrogen-bond donors (Lipinski definition) is 3. The summed E-state index contributed by atoms with van der Waals surface area (Å²) in [5.41, 5.74) is 5.28. The van der Waals surface area contributed by atoms with Gasteiger partial charge in [0.2, 0.25) is 0 Å². The monoisotopic (exact) mass is 263 g/mol. The SMILES string of the molecule is Cc1ccc(NC(=O)N2CC[C@@](O)(C(N)=O)C2)cc1. The van der Waals surface area contributed by atoms with Crippen molar-refractivity contribution in [1.82, 2.24) is 4.90 Å². The molecular weight excluding hydrogens is 246 g/mol. The maximum atomic E-state index is 12.0. The molecule has 1 heterocycles. The number of carbonyl (C=O) groups is 2. The fourth-order valence-electron chi connectivity index (χ4n) is 2.01. The van der Waals surface area contributed by atoms with E-state index >= 15 is 0 Å². The molecule has 1 aliphatic heterocycles. The molecule has 1 fully saturated rings. The van der Waals surface area contributed by atoms with Gasteiger partial charge < -0.3 is 21.1 Å². The highest BCUT2D eigenvalue weighted by molar-refractivity contribution is 5.91. The Morgan fingerprint density at radius 3 is 2.53 bits per heavy atom. The van der Waals surface area contributed by atoms with E-state index in [-0.39, 0.29) is 19.0 Å². The molecule has 0 radical (unpaired) electrons. The summed E-state index contributed by atoms with van der Waals surface area (Å²) in [5, 5.41) is 12.6. The number of β-amino-alcohol motifs (C(OH)–C–C–N with tert-alkyl or cyclic N) is 1. The summed E-state index contributed by atoms with van der Waals surface area (Å²) in [4.78, 5) is 24.4. The van der Waals surface area contributed by atoms with Crippen LogP contribution < -0.4 is 11.1 Å². The zero-order valence-corrected chi connectivity index (χ0v) is 10.7. The zero-order chi connectivity index (χ0) is 14.0. The van der Waals surface area contributed by atoms with Crippen molar-refractivity contribution >= 4 is 17.6 Å². The minimum absolute atomic E-state index is 0.0694. The number of nitrogens with one attached hydrogen (secondary N) is 1. The summed E-state index contributed by atoms with van der Waals surface area (Å²) in [5.74, 6) is -0.793. The second-order valence-corrected chi connectivity index (χ2v) is 4.86. The lowest BCUT2D eigenvalue weighted by Gasteiger charge is -2.20. The number of hydrogen-bond acceptors (Lipinski definition) is 3. The van der Waals surface area contributed by atoms with Gasteiger partial charge in [-0.05, 0) is 19.1 Å². The van der Waals surface area contributed by atoms with Crippen LogP contribution in [0.15, 0.2) is 24.3 Å². The molecule has 0 spiro atoms. The van der Waals surface area contributed by atoms with Crippen LogP contribution in [0.2, 0.25) is 0 Å². The summed E-state index contributed by atoms with van der Waals surface area (Å²) in [6.45, 7) is 2.19. The zero-order valence-electron chi connectivity index (χ0n) is 10.7. The average molecular weight is 263 g/mol. The van der Waals surface area contributed by atoms with Crippen LogP contribution in [-0.4, -0.2) is 40.6 Å². The number of urea groups is 1. The Balaban J connectivity index is 1.98. The smallest absolute Gasteiger partial charge is 0.321 e. The second-order valence-electron chi connectivity index (χ2n) is 4.86. The summed E-state index contributed by atoms with van der Waals surface area (Å²) < 4.78 is 0. The molecule has 0 aliphatic carbocycles. The summed E-state index contributed by atoms with van der Waals surface area (Å²) in [7, 11) is 0. The van der Waals surface area contributed by atoms with E-state index in [9.17, 15) is 14.7 Å². The Morgan fingerprint density at radius 1 is 1.37 bits per heavy atom. The van der Waals surface area contributed by atoms with Crippen LogP contribution in [0.1, 0.15) is 12.0 Å². The molecule has 6 nitrogen and oxygen atoms in total. The van der Waals surface area contributed by atoms with Crippen molar-refractivity contribution in [3.8, 4) is 0 Å². The van der Waals surface area contributed by atoms with E-state index in [2.05, 4.69) is 5.32 Å². The predicted octanol–water partition coefficient (Wildman–Crippen LogP) is 0.449. The Hall–Kier alpha value is -2.08. The number of carbonyl (C=O) groups excluding carboxylic acids is 2. The van der Waals surface area contributed by atoms with Crippen molar-refractivity contribution in [2.75, 3.05) is 18.4 Å². The maximum absolute atomic E-state index is 12.0. The van der Waals surface area contributed by atoms with E-state index in [4.69, 9.17) is 5.73 Å². The van der Waals surface area contributed by atoms with Gasteiger partial charge in [-0.1, -0.05) is 17.7 Å². The van der Waals surface area contributed by atoms with Gasteiger partial charge in [-0.2, -0.15) is 0 Å². The van der Waals surface area contributed by atoms with Crippen LogP contribution in [0, 0.1) is 6.92 Å². The van der Waals surface area contributed by atoms with Gasteiger partial charge in [0, 0.05) is 18.7 Å². The number of primary amides is 1. The van der Waals surface area contributed by atoms with Crippen molar-refractivity contribution in [3.05, 3.63) is 29.8 Å². The number of rotatable bonds is 2. The van der Waals surface area contributed by atoms with Crippen LogP contribution in [0.4, 0.5) is 10.5 Å². The van der Waals surface area contributed by atoms with Gasteiger partial charge in [-0.25, -0.2) is 4.79 Å². The highest BCUT2D eigenvalue weighted by atomic mass is 16.3. The quantitative estimate of drug-likeness (QED) is 0.722. The van der Waals surface area contributed by atoms with Crippen molar-refractivity contribution in [2.24, 2.45) is 5.73 Å². The van der Waals surface area contributed by atoms with E-state index in [1.54, 1.807) is 12.1 Å². The lowest BCUT2D eigenvalue weighted by molar-refractivity contribution is -0.134. The van der Waals surface area contributed by atoms with E-state index in [0.717, 1.165) is 5.56 Å². The maximum Gasteiger partial charge on any atom is 0.321 e. The molecule has 6 heteroatoms. The molecule has 1 aliphatic rings. The van der Waals surface area contributed by atoms with Gasteiger partial charge in [0.1, 0.15) is 0 Å². The number of benzene rings is 1. The van der Waals surface area contributed by atoms with Crippen molar-refractivity contribution in [1.29, 1.82) is 0 Å². The summed E-state index contributed by atoms with van der Waals surface area (Å²) in [6, 6.07) is 7.02. The highest BCUT2D eigenvalue weighted by Gasteiger charge is 2.43. The van der Waals surface area contributed by atoms with Gasteiger partial charge in [-0.15, -0.1) is 0 Å². The van der Waals surface area contributed by atoms with E-state index in [1.807, 2.05) is 19.1 Å². The largest absolute Gasteiger partial charge is 0.378 e. The van der Waals surface area contributed by atoms with Gasteiger partial charge in [0.15, 0.2) is 5.60 Å². The summed E-state index contributed by atoms with van der Waals surface area (Å²) in [6.07, 6.45) is 0.170. The van der Waals surface area contributed by atoms with Crippen molar-refractivity contribution in [2.45, 2.75) is 18.9 Å². The summed E-state index contributed by atoms with van der Waals surface area (Å²) >= 11 is 0. The Bertz CT molecular complexity index is 500. The molecule has 1 saturated heterocycles. The standard InChI is InChI=1S/C13H17N3O3/c1-9-2-4-10(5-3-9)15-12(18)16-7-6-13(19,8-16)11(14)17/h2-5,19H,6-8H2,1H3,(H2,14,17)(H,15,18)/t13-/m0/s1. The molecule has 0 unspecified atom stereocenters. The fourth-order valence-corrected chi connectivity index (χ4v) is 2.01. The van der Waals surface area contributed by atoms with Gasteiger partial charge in [-0.3, -0.25) is 4.79 Å². The Morgan fingerprint density at radius 2 is 2.00 bits per heavy atom. The number of aliphatic hydroxyl groups is 1. The van der Waals surface area contributed by atoms with E-state index in [1.165, 1.54) is 4.90 Å². The minimum Gasteiger partial charge on any atom is -0.378 e. The molecule has 3 amide bonds. The third kappa shape index (κ3) is 2.85. The topological polar surface area (TPSA) is 95.7 Å². The number of nitrogens with two attached hydrogens (primary N) is 1. The number of likely N-dealkylation sites (tertiary alicyclic amines) is 1. The highest BCUT2D eigenvalue weighted by Crippen LogP contribution is 2.21. The molecule has 1 aromatic rings. The second kappa shape index (κ2) is 4.89. The number of amides is 3. The first-order valence-electron chi connectivity index (χ1n) is 6.06. The van der Waals surface area contributed by atoms with Crippen LogP contribution in [-0.2, 0) is 4.79 Å². The minimum atomic E-state index is -1.61. The predicted molar refractivity (Wildman–Crippen MR) is 70.5 cm³/mol. The Kier molecular flexibility index (Phi) is 3.44. The van der Waals surface area contributed by atoms with Crippen LogP contribution in [0.5, 0.6) is 0 Å². The lowest BCUT2D eigenvalue weighted by atomic mass is 10.0. The third-order valence-electron chi connectivity index (χ3n) is 3.30. The Labute approximate surface area is 111 Å². The molecule has 1 aromatic carbocycles. The fraction of sp³-hybridized carbons (Fsp3) is 0.385. The molecule has 2 rings (SSSR count).